The van der Waals surface area contributed by atoms with Crippen LogP contribution in [0.15, 0.2) is 37.1 Å². The fourth-order valence-electron chi connectivity index (χ4n) is 4.54. The maximum atomic E-state index is 5.93. The van der Waals surface area contributed by atoms with Crippen molar-refractivity contribution < 1.29 is 9.47 Å². The van der Waals surface area contributed by atoms with Crippen LogP contribution in [0.5, 0.6) is 5.88 Å². The zero-order valence-electron chi connectivity index (χ0n) is 16.0. The van der Waals surface area contributed by atoms with Crippen molar-refractivity contribution in [1.82, 2.24) is 29.0 Å². The number of hydrogen-bond donors (Lipinski definition) is 1. The SMILES string of the molecule is COc1nc(NC2CC3CCC(C2)O3)nn2ccc(-c3cnc4nccn4c3)c12. The second-order valence-corrected chi connectivity index (χ2v) is 7.71. The number of rotatable bonds is 4. The summed E-state index contributed by atoms with van der Waals surface area (Å²) in [7, 11) is 1.63. The van der Waals surface area contributed by atoms with Crippen LogP contribution < -0.4 is 10.1 Å². The number of anilines is 1. The van der Waals surface area contributed by atoms with Crippen LogP contribution in [-0.4, -0.2) is 54.3 Å². The van der Waals surface area contributed by atoms with Crippen molar-refractivity contribution in [2.24, 2.45) is 0 Å². The third-order valence-corrected chi connectivity index (χ3v) is 5.85. The first-order valence-corrected chi connectivity index (χ1v) is 9.91. The van der Waals surface area contributed by atoms with E-state index in [2.05, 4.69) is 25.4 Å². The lowest BCUT2D eigenvalue weighted by Gasteiger charge is -2.28. The van der Waals surface area contributed by atoms with Crippen LogP contribution in [0, 0.1) is 0 Å². The largest absolute Gasteiger partial charge is 0.479 e. The van der Waals surface area contributed by atoms with E-state index in [1.54, 1.807) is 19.5 Å². The number of imidazole rings is 1. The van der Waals surface area contributed by atoms with E-state index < -0.39 is 0 Å². The van der Waals surface area contributed by atoms with Gasteiger partial charge in [0, 0.05) is 48.2 Å². The number of hydrogen-bond acceptors (Lipinski definition) is 7. The predicted molar refractivity (Wildman–Crippen MR) is 106 cm³/mol. The second kappa shape index (κ2) is 6.41. The molecule has 4 aromatic rings. The molecule has 0 aromatic carbocycles. The van der Waals surface area contributed by atoms with Crippen LogP contribution in [0.2, 0.25) is 0 Å². The first-order chi connectivity index (χ1) is 14.3. The highest BCUT2D eigenvalue weighted by Gasteiger charge is 2.35. The second-order valence-electron chi connectivity index (χ2n) is 7.71. The van der Waals surface area contributed by atoms with Crippen molar-refractivity contribution in [1.29, 1.82) is 0 Å². The lowest BCUT2D eigenvalue weighted by Crippen LogP contribution is -2.34. The summed E-state index contributed by atoms with van der Waals surface area (Å²) in [6, 6.07) is 2.33. The Morgan fingerprint density at radius 3 is 2.86 bits per heavy atom. The minimum atomic E-state index is 0.325. The first-order valence-electron chi connectivity index (χ1n) is 9.91. The van der Waals surface area contributed by atoms with Crippen molar-refractivity contribution in [2.45, 2.75) is 43.9 Å². The molecule has 29 heavy (non-hydrogen) atoms. The van der Waals surface area contributed by atoms with E-state index >= 15 is 0 Å². The molecule has 2 fully saturated rings. The molecule has 2 unspecified atom stereocenters. The Bertz CT molecular complexity index is 1190. The minimum Gasteiger partial charge on any atom is -0.479 e. The summed E-state index contributed by atoms with van der Waals surface area (Å²) >= 11 is 0. The monoisotopic (exact) mass is 391 g/mol. The van der Waals surface area contributed by atoms with Crippen molar-refractivity contribution in [3.8, 4) is 17.0 Å². The molecule has 2 atom stereocenters. The number of nitrogens with zero attached hydrogens (tertiary/aromatic N) is 6. The van der Waals surface area contributed by atoms with Gasteiger partial charge >= 0.3 is 0 Å². The van der Waals surface area contributed by atoms with Crippen LogP contribution in [-0.2, 0) is 4.74 Å². The van der Waals surface area contributed by atoms with Crippen molar-refractivity contribution in [3.05, 3.63) is 37.1 Å². The van der Waals surface area contributed by atoms with Crippen molar-refractivity contribution in [3.63, 3.8) is 0 Å². The Balaban J connectivity index is 1.37. The molecule has 4 aromatic heterocycles. The summed E-state index contributed by atoms with van der Waals surface area (Å²) in [5.41, 5.74) is 2.72. The molecule has 0 radical (unpaired) electrons. The number of aromatic nitrogens is 6. The third-order valence-electron chi connectivity index (χ3n) is 5.85. The molecular weight excluding hydrogens is 370 g/mol. The molecule has 2 aliphatic heterocycles. The maximum Gasteiger partial charge on any atom is 0.244 e. The van der Waals surface area contributed by atoms with Crippen molar-refractivity contribution >= 4 is 17.2 Å². The highest BCUT2D eigenvalue weighted by atomic mass is 16.5. The van der Waals surface area contributed by atoms with Gasteiger partial charge in [-0.3, -0.25) is 4.40 Å². The minimum absolute atomic E-state index is 0.325. The van der Waals surface area contributed by atoms with Gasteiger partial charge in [-0.15, -0.1) is 5.10 Å². The number of nitrogens with one attached hydrogen (secondary N) is 1. The average molecular weight is 391 g/mol. The Kier molecular flexibility index (Phi) is 3.70. The molecule has 0 spiro atoms. The molecule has 0 saturated carbocycles. The van der Waals surface area contributed by atoms with E-state index in [-0.39, 0.29) is 0 Å². The normalized spacial score (nSPS) is 23.7. The molecular formula is C20H21N7O2. The number of fused-ring (bicyclic) bond motifs is 4. The van der Waals surface area contributed by atoms with Crippen molar-refractivity contribution in [2.75, 3.05) is 12.4 Å². The van der Waals surface area contributed by atoms with Gasteiger partial charge in [0.15, 0.2) is 0 Å². The Morgan fingerprint density at radius 1 is 1.17 bits per heavy atom. The molecule has 2 bridgehead atoms. The van der Waals surface area contributed by atoms with E-state index in [4.69, 9.17) is 9.47 Å². The summed E-state index contributed by atoms with van der Waals surface area (Å²) in [6.07, 6.45) is 14.4. The summed E-state index contributed by atoms with van der Waals surface area (Å²) in [6.45, 7) is 0. The fraction of sp³-hybridized carbons (Fsp3) is 0.400. The molecule has 1 N–H and O–H groups in total. The fourth-order valence-corrected chi connectivity index (χ4v) is 4.54. The van der Waals surface area contributed by atoms with Gasteiger partial charge in [-0.1, -0.05) is 0 Å². The van der Waals surface area contributed by atoms with Crippen LogP contribution in [0.25, 0.3) is 22.4 Å². The lowest BCUT2D eigenvalue weighted by molar-refractivity contribution is 0.000584. The maximum absolute atomic E-state index is 5.93. The van der Waals surface area contributed by atoms with E-state index in [1.807, 2.05) is 33.6 Å². The highest BCUT2D eigenvalue weighted by molar-refractivity contribution is 5.84. The Morgan fingerprint density at radius 2 is 2.03 bits per heavy atom. The average Bonchev–Trinajstić information content (AvgIpc) is 3.45. The lowest BCUT2D eigenvalue weighted by atomic mass is 10.0. The van der Waals surface area contributed by atoms with Crippen LogP contribution in [0.4, 0.5) is 5.95 Å². The van der Waals surface area contributed by atoms with Gasteiger partial charge in [0.25, 0.3) is 0 Å². The first kappa shape index (κ1) is 16.7. The van der Waals surface area contributed by atoms with E-state index in [9.17, 15) is 0 Å². The number of ether oxygens (including phenoxy) is 2. The smallest absolute Gasteiger partial charge is 0.244 e. The summed E-state index contributed by atoms with van der Waals surface area (Å²) in [5, 5.41) is 8.17. The van der Waals surface area contributed by atoms with E-state index in [1.165, 1.54) is 0 Å². The van der Waals surface area contributed by atoms with Gasteiger partial charge in [-0.05, 0) is 31.7 Å². The Hall–Kier alpha value is -3.20. The van der Waals surface area contributed by atoms with Gasteiger partial charge in [0.2, 0.25) is 17.6 Å². The molecule has 148 valence electrons. The number of methoxy groups -OCH3 is 1. The van der Waals surface area contributed by atoms with Crippen LogP contribution in [0.1, 0.15) is 25.7 Å². The molecule has 9 nitrogen and oxygen atoms in total. The highest BCUT2D eigenvalue weighted by Crippen LogP contribution is 2.34. The summed E-state index contributed by atoms with van der Waals surface area (Å²) in [4.78, 5) is 13.3. The van der Waals surface area contributed by atoms with E-state index in [0.29, 0.717) is 35.9 Å². The predicted octanol–water partition coefficient (Wildman–Crippen LogP) is 2.57. The summed E-state index contributed by atoms with van der Waals surface area (Å²) in [5.74, 6) is 1.77. The van der Waals surface area contributed by atoms with E-state index in [0.717, 1.165) is 42.3 Å². The molecule has 9 heteroatoms. The van der Waals surface area contributed by atoms with Crippen LogP contribution >= 0.6 is 0 Å². The van der Waals surface area contributed by atoms with Gasteiger partial charge < -0.3 is 14.8 Å². The van der Waals surface area contributed by atoms with Gasteiger partial charge in [0.1, 0.15) is 5.52 Å². The molecule has 0 aliphatic carbocycles. The molecule has 0 amide bonds. The summed E-state index contributed by atoms with van der Waals surface area (Å²) < 4.78 is 15.3. The van der Waals surface area contributed by atoms with Gasteiger partial charge in [-0.25, -0.2) is 14.5 Å². The topological polar surface area (TPSA) is 90.9 Å². The van der Waals surface area contributed by atoms with Crippen LogP contribution in [0.3, 0.4) is 0 Å². The molecule has 2 saturated heterocycles. The third kappa shape index (κ3) is 2.80. The molecule has 6 rings (SSSR count). The zero-order valence-corrected chi connectivity index (χ0v) is 16.0. The molecule has 6 heterocycles. The standard InChI is InChI=1S/C20H21N7O2/c1-28-18-17-16(12-10-22-20-21-5-7-26(20)11-12)4-6-27(17)25-19(24-18)23-13-8-14-2-3-15(9-13)29-14/h4-7,10-11,13-15H,2-3,8-9H2,1H3,(H,23,25). The van der Waals surface area contributed by atoms with Gasteiger partial charge in [-0.2, -0.15) is 4.98 Å². The Labute approximate surface area is 166 Å². The zero-order chi connectivity index (χ0) is 19.4. The molecule has 2 aliphatic rings. The van der Waals surface area contributed by atoms with Gasteiger partial charge in [0.05, 0.1) is 19.3 Å². The quantitative estimate of drug-likeness (QED) is 0.572.